The van der Waals surface area contributed by atoms with Crippen molar-refractivity contribution in [3.8, 4) is 23.1 Å². The highest BCUT2D eigenvalue weighted by Gasteiger charge is 2.16. The number of aryl methyl sites for hydroxylation is 1. The van der Waals surface area contributed by atoms with Gasteiger partial charge in [0, 0.05) is 54.9 Å². The Balaban J connectivity index is 1.38. The van der Waals surface area contributed by atoms with E-state index in [0.29, 0.717) is 41.3 Å². The van der Waals surface area contributed by atoms with E-state index in [2.05, 4.69) is 26.3 Å². The first kappa shape index (κ1) is 20.5. The van der Waals surface area contributed by atoms with Crippen LogP contribution in [0.4, 0.5) is 10.2 Å². The third-order valence-corrected chi connectivity index (χ3v) is 5.62. The van der Waals surface area contributed by atoms with Crippen LogP contribution in [0.15, 0.2) is 55.1 Å². The van der Waals surface area contributed by atoms with Crippen LogP contribution < -0.4 is 10.1 Å². The fraction of sp³-hybridized carbons (Fsp3) is 0.167. The van der Waals surface area contributed by atoms with Crippen LogP contribution in [0.5, 0.6) is 5.75 Å². The van der Waals surface area contributed by atoms with Crippen LogP contribution in [-0.2, 0) is 13.6 Å². The van der Waals surface area contributed by atoms with Crippen molar-refractivity contribution in [2.45, 2.75) is 6.54 Å². The molecule has 0 aliphatic rings. The number of nitrogens with zero attached hydrogens (tertiary/aromatic N) is 6. The number of halogens is 1. The molecule has 0 spiro atoms. The minimum Gasteiger partial charge on any atom is -0.496 e. The van der Waals surface area contributed by atoms with E-state index >= 15 is 0 Å². The summed E-state index contributed by atoms with van der Waals surface area (Å²) in [6.45, 7) is 0.800. The minimum absolute atomic E-state index is 0.346. The molecular weight excluding hydrogens is 421 g/mol. The Bertz CT molecular complexity index is 1530. The lowest BCUT2D eigenvalue weighted by atomic mass is 10.1. The van der Waals surface area contributed by atoms with Crippen molar-refractivity contribution in [1.82, 2.24) is 24.1 Å². The van der Waals surface area contributed by atoms with E-state index in [0.717, 1.165) is 22.3 Å². The molecule has 0 amide bonds. The highest BCUT2D eigenvalue weighted by molar-refractivity contribution is 5.89. The largest absolute Gasteiger partial charge is 0.496 e. The highest BCUT2D eigenvalue weighted by Crippen LogP contribution is 2.31. The van der Waals surface area contributed by atoms with Gasteiger partial charge in [0.2, 0.25) is 0 Å². The van der Waals surface area contributed by atoms with E-state index in [1.165, 1.54) is 19.5 Å². The van der Waals surface area contributed by atoms with Gasteiger partial charge in [-0.25, -0.2) is 19.3 Å². The molecule has 0 saturated carbocycles. The molecule has 5 rings (SSSR count). The number of benzene rings is 1. The molecule has 8 nitrogen and oxygen atoms in total. The van der Waals surface area contributed by atoms with Gasteiger partial charge < -0.3 is 19.2 Å². The smallest absolute Gasteiger partial charge is 0.147 e. The Morgan fingerprint density at radius 1 is 1.15 bits per heavy atom. The quantitative estimate of drug-likeness (QED) is 0.426. The molecule has 0 aliphatic heterocycles. The standard InChI is InChI=1S/C24H20FN7O/c1-31-7-5-15-9-16(13-28-24(15)31)20-11-22(30-14-29-20)27-6-8-32-17(12-26)10-18-21(33-2)4-3-19(25)23(18)32/h3-5,7,9-11,13-14H,6,8H2,1-2H3,(H,27,29,30). The summed E-state index contributed by atoms with van der Waals surface area (Å²) in [5, 5.41) is 14.4. The van der Waals surface area contributed by atoms with E-state index in [-0.39, 0.29) is 0 Å². The van der Waals surface area contributed by atoms with E-state index < -0.39 is 5.82 Å². The first-order valence-corrected chi connectivity index (χ1v) is 10.3. The lowest BCUT2D eigenvalue weighted by molar-refractivity contribution is 0.419. The summed E-state index contributed by atoms with van der Waals surface area (Å²) in [6, 6.07) is 12.6. The fourth-order valence-corrected chi connectivity index (χ4v) is 4.02. The maximum atomic E-state index is 14.6. The number of aromatic nitrogens is 5. The van der Waals surface area contributed by atoms with Crippen LogP contribution >= 0.6 is 0 Å². The fourth-order valence-electron chi connectivity index (χ4n) is 4.02. The molecule has 0 saturated heterocycles. The third kappa shape index (κ3) is 3.61. The highest BCUT2D eigenvalue weighted by atomic mass is 19.1. The van der Waals surface area contributed by atoms with Crippen LogP contribution in [0, 0.1) is 17.1 Å². The zero-order valence-corrected chi connectivity index (χ0v) is 18.1. The topological polar surface area (TPSA) is 93.6 Å². The number of fused-ring (bicyclic) bond motifs is 2. The van der Waals surface area contributed by atoms with Crippen molar-refractivity contribution < 1.29 is 9.13 Å². The Morgan fingerprint density at radius 3 is 2.85 bits per heavy atom. The number of nitriles is 1. The van der Waals surface area contributed by atoms with E-state index in [4.69, 9.17) is 4.74 Å². The monoisotopic (exact) mass is 441 g/mol. The van der Waals surface area contributed by atoms with Gasteiger partial charge in [0.05, 0.1) is 18.3 Å². The Kier molecular flexibility index (Phi) is 5.11. The van der Waals surface area contributed by atoms with Gasteiger partial charge in [-0.2, -0.15) is 5.26 Å². The number of rotatable bonds is 6. The van der Waals surface area contributed by atoms with Crippen LogP contribution in [0.1, 0.15) is 5.69 Å². The molecule has 33 heavy (non-hydrogen) atoms. The van der Waals surface area contributed by atoms with Crippen LogP contribution in [-0.4, -0.2) is 37.7 Å². The summed E-state index contributed by atoms with van der Waals surface area (Å²) in [5.41, 5.74) is 3.24. The maximum absolute atomic E-state index is 14.6. The van der Waals surface area contributed by atoms with Crippen LogP contribution in [0.25, 0.3) is 33.2 Å². The summed E-state index contributed by atoms with van der Waals surface area (Å²) in [5.74, 6) is 0.751. The number of anilines is 1. The molecule has 0 fully saturated rings. The first-order valence-electron chi connectivity index (χ1n) is 10.3. The predicted molar refractivity (Wildman–Crippen MR) is 123 cm³/mol. The SMILES string of the molecule is COc1ccc(F)c2c1cc(C#N)n2CCNc1cc(-c2cnc3c(ccn3C)c2)ncn1. The van der Waals surface area contributed by atoms with Gasteiger partial charge in [-0.3, -0.25) is 0 Å². The van der Waals surface area contributed by atoms with Crippen LogP contribution in [0.3, 0.4) is 0 Å². The lowest BCUT2D eigenvalue weighted by Gasteiger charge is -2.11. The average molecular weight is 441 g/mol. The second kappa shape index (κ2) is 8.24. The normalized spacial score (nSPS) is 11.1. The zero-order valence-electron chi connectivity index (χ0n) is 18.1. The molecule has 1 N–H and O–H groups in total. The molecule has 1 aromatic carbocycles. The summed E-state index contributed by atoms with van der Waals surface area (Å²) in [4.78, 5) is 13.2. The van der Waals surface area contributed by atoms with Crippen molar-refractivity contribution in [1.29, 1.82) is 5.26 Å². The first-order chi connectivity index (χ1) is 16.1. The Hall–Kier alpha value is -4.45. The minimum atomic E-state index is -0.402. The molecule has 0 unspecified atom stereocenters. The number of hydrogen-bond donors (Lipinski definition) is 1. The predicted octanol–water partition coefficient (Wildman–Crippen LogP) is 4.12. The number of ether oxygens (including phenoxy) is 1. The molecule has 4 heterocycles. The van der Waals surface area contributed by atoms with Gasteiger partial charge in [-0.1, -0.05) is 0 Å². The van der Waals surface area contributed by atoms with Crippen molar-refractivity contribution in [3.63, 3.8) is 0 Å². The molecule has 0 aliphatic carbocycles. The second-order valence-corrected chi connectivity index (χ2v) is 7.58. The van der Waals surface area contributed by atoms with Gasteiger partial charge in [0.1, 0.15) is 41.1 Å². The number of nitrogens with one attached hydrogen (secondary N) is 1. The maximum Gasteiger partial charge on any atom is 0.147 e. The Labute approximate surface area is 188 Å². The average Bonchev–Trinajstić information content (AvgIpc) is 3.40. The number of pyridine rings is 1. The van der Waals surface area contributed by atoms with Crippen molar-refractivity contribution in [2.24, 2.45) is 7.05 Å². The molecule has 0 bridgehead atoms. The van der Waals surface area contributed by atoms with E-state index in [9.17, 15) is 9.65 Å². The van der Waals surface area contributed by atoms with Crippen molar-refractivity contribution in [3.05, 3.63) is 66.6 Å². The molecule has 0 atom stereocenters. The van der Waals surface area contributed by atoms with Gasteiger partial charge in [-0.15, -0.1) is 0 Å². The molecule has 5 aromatic rings. The van der Waals surface area contributed by atoms with Crippen molar-refractivity contribution in [2.75, 3.05) is 19.0 Å². The molecule has 4 aromatic heterocycles. The lowest BCUT2D eigenvalue weighted by Crippen LogP contribution is -2.13. The Morgan fingerprint density at radius 2 is 2.03 bits per heavy atom. The summed E-state index contributed by atoms with van der Waals surface area (Å²) in [6.07, 6.45) is 5.24. The summed E-state index contributed by atoms with van der Waals surface area (Å²) >= 11 is 0. The van der Waals surface area contributed by atoms with Gasteiger partial charge in [-0.05, 0) is 30.3 Å². The molecule has 164 valence electrons. The van der Waals surface area contributed by atoms with E-state index in [1.54, 1.807) is 22.9 Å². The zero-order chi connectivity index (χ0) is 22.9. The van der Waals surface area contributed by atoms with Crippen molar-refractivity contribution >= 4 is 27.8 Å². The molecular formula is C24H20FN7O. The third-order valence-electron chi connectivity index (χ3n) is 5.62. The van der Waals surface area contributed by atoms with Gasteiger partial charge >= 0.3 is 0 Å². The molecule has 0 radical (unpaired) electrons. The number of methoxy groups -OCH3 is 1. The second-order valence-electron chi connectivity index (χ2n) is 7.58. The van der Waals surface area contributed by atoms with E-state index in [1.807, 2.05) is 36.0 Å². The van der Waals surface area contributed by atoms with Crippen LogP contribution in [0.2, 0.25) is 0 Å². The number of hydrogen-bond acceptors (Lipinski definition) is 6. The molecule has 9 heteroatoms. The van der Waals surface area contributed by atoms with Gasteiger partial charge in [0.15, 0.2) is 0 Å². The van der Waals surface area contributed by atoms with Gasteiger partial charge in [0.25, 0.3) is 0 Å². The summed E-state index contributed by atoms with van der Waals surface area (Å²) < 4.78 is 23.5. The summed E-state index contributed by atoms with van der Waals surface area (Å²) in [7, 11) is 3.48.